The molecular weight excluding hydrogens is 355 g/mol. The van der Waals surface area contributed by atoms with Gasteiger partial charge in [-0.15, -0.1) is 0 Å². The van der Waals surface area contributed by atoms with Gasteiger partial charge >= 0.3 is 6.18 Å². The highest BCUT2D eigenvalue weighted by Crippen LogP contribution is 2.36. The minimum atomic E-state index is -4.49. The largest absolute Gasteiger partial charge is 0.418 e. The quantitative estimate of drug-likeness (QED) is 0.602. The number of nitrogens with one attached hydrogen (secondary N) is 2. The van der Waals surface area contributed by atoms with Gasteiger partial charge in [-0.2, -0.15) is 13.2 Å². The average molecular weight is 373 g/mol. The van der Waals surface area contributed by atoms with Crippen molar-refractivity contribution in [2.45, 2.75) is 19.6 Å². The minimum Gasteiger partial charge on any atom is -0.393 e. The normalized spacial score (nSPS) is 11.3. The van der Waals surface area contributed by atoms with E-state index in [0.717, 1.165) is 17.2 Å². The summed E-state index contributed by atoms with van der Waals surface area (Å²) in [5, 5.41) is 5.74. The molecule has 0 bridgehead atoms. The summed E-state index contributed by atoms with van der Waals surface area (Å²) in [5.41, 5.74) is 7.44. The summed E-state index contributed by atoms with van der Waals surface area (Å²) in [6.07, 6.45) is -3.25. The molecule has 140 valence electrons. The van der Waals surface area contributed by atoms with Crippen molar-refractivity contribution < 1.29 is 13.2 Å². The highest BCUT2D eigenvalue weighted by atomic mass is 19.4. The van der Waals surface area contributed by atoms with Crippen LogP contribution in [0.15, 0.2) is 54.9 Å². The van der Waals surface area contributed by atoms with E-state index in [1.807, 2.05) is 31.2 Å². The highest BCUT2D eigenvalue weighted by Gasteiger charge is 2.33. The second-order valence-electron chi connectivity index (χ2n) is 5.99. The van der Waals surface area contributed by atoms with E-state index in [9.17, 15) is 13.2 Å². The Bertz CT molecular complexity index is 923. The Morgan fingerprint density at radius 2 is 1.63 bits per heavy atom. The maximum Gasteiger partial charge on any atom is 0.418 e. The fraction of sp³-hybridized carbons (Fsp3) is 0.158. The van der Waals surface area contributed by atoms with Crippen LogP contribution in [-0.2, 0) is 12.7 Å². The topological polar surface area (TPSA) is 75.9 Å². The molecule has 5 nitrogen and oxygen atoms in total. The van der Waals surface area contributed by atoms with Gasteiger partial charge in [-0.3, -0.25) is 0 Å². The van der Waals surface area contributed by atoms with Crippen LogP contribution in [0.25, 0.3) is 0 Å². The summed E-state index contributed by atoms with van der Waals surface area (Å²) in [6.45, 7) is 2.47. The lowest BCUT2D eigenvalue weighted by molar-refractivity contribution is -0.136. The number of nitrogens with zero attached hydrogens (tertiary/aromatic N) is 2. The summed E-state index contributed by atoms with van der Waals surface area (Å²) in [7, 11) is 0. The van der Waals surface area contributed by atoms with Crippen LogP contribution in [0.3, 0.4) is 0 Å². The maximum atomic E-state index is 13.2. The number of hydrogen-bond acceptors (Lipinski definition) is 5. The smallest absolute Gasteiger partial charge is 0.393 e. The molecule has 0 atom stereocenters. The zero-order valence-electron chi connectivity index (χ0n) is 14.5. The predicted molar refractivity (Wildman–Crippen MR) is 99.7 cm³/mol. The van der Waals surface area contributed by atoms with E-state index in [1.54, 1.807) is 0 Å². The Morgan fingerprint density at radius 3 is 2.33 bits per heavy atom. The number of halogens is 3. The van der Waals surface area contributed by atoms with Gasteiger partial charge in [-0.25, -0.2) is 9.97 Å². The molecule has 8 heteroatoms. The van der Waals surface area contributed by atoms with Crippen LogP contribution in [0, 0.1) is 6.92 Å². The average Bonchev–Trinajstić information content (AvgIpc) is 2.63. The van der Waals surface area contributed by atoms with E-state index in [4.69, 9.17) is 5.73 Å². The van der Waals surface area contributed by atoms with E-state index < -0.39 is 11.7 Å². The van der Waals surface area contributed by atoms with E-state index in [-0.39, 0.29) is 17.2 Å². The van der Waals surface area contributed by atoms with Crippen LogP contribution in [0.2, 0.25) is 0 Å². The molecule has 0 amide bonds. The van der Waals surface area contributed by atoms with Crippen molar-refractivity contribution in [3.63, 3.8) is 0 Å². The molecule has 4 N–H and O–H groups in total. The fourth-order valence-electron chi connectivity index (χ4n) is 2.49. The van der Waals surface area contributed by atoms with Gasteiger partial charge in [0.05, 0.1) is 11.3 Å². The number of anilines is 4. The van der Waals surface area contributed by atoms with Gasteiger partial charge in [0, 0.05) is 6.54 Å². The molecule has 0 aliphatic carbocycles. The number of aromatic nitrogens is 2. The van der Waals surface area contributed by atoms with Crippen LogP contribution in [0.1, 0.15) is 16.7 Å². The molecule has 3 rings (SSSR count). The second-order valence-corrected chi connectivity index (χ2v) is 5.99. The summed E-state index contributed by atoms with van der Waals surface area (Å²) in [4.78, 5) is 8.04. The molecule has 0 aliphatic heterocycles. The van der Waals surface area contributed by atoms with E-state index in [1.165, 1.54) is 24.5 Å². The molecule has 0 spiro atoms. The lowest BCUT2D eigenvalue weighted by Crippen LogP contribution is -2.11. The van der Waals surface area contributed by atoms with Crippen molar-refractivity contribution in [2.75, 3.05) is 16.4 Å². The molecule has 1 heterocycles. The zero-order valence-corrected chi connectivity index (χ0v) is 14.5. The number of nitrogen functional groups attached to an aromatic ring is 1. The van der Waals surface area contributed by atoms with Gasteiger partial charge in [0.15, 0.2) is 11.6 Å². The Balaban J connectivity index is 1.80. The Morgan fingerprint density at radius 1 is 0.963 bits per heavy atom. The van der Waals surface area contributed by atoms with Gasteiger partial charge in [-0.1, -0.05) is 42.0 Å². The first-order chi connectivity index (χ1) is 12.8. The molecule has 27 heavy (non-hydrogen) atoms. The highest BCUT2D eigenvalue weighted by molar-refractivity contribution is 5.78. The third-order valence-electron chi connectivity index (χ3n) is 3.95. The van der Waals surface area contributed by atoms with Crippen molar-refractivity contribution in [2.24, 2.45) is 0 Å². The van der Waals surface area contributed by atoms with Crippen LogP contribution in [0.5, 0.6) is 0 Å². The van der Waals surface area contributed by atoms with Crippen LogP contribution in [0.4, 0.5) is 36.2 Å². The number of hydrogen-bond donors (Lipinski definition) is 3. The van der Waals surface area contributed by atoms with Gasteiger partial charge in [0.1, 0.15) is 12.0 Å². The Labute approximate surface area is 154 Å². The number of alkyl halides is 3. The lowest BCUT2D eigenvalue weighted by atomic mass is 10.1. The van der Waals surface area contributed by atoms with Crippen LogP contribution < -0.4 is 16.4 Å². The number of aryl methyl sites for hydroxylation is 1. The van der Waals surface area contributed by atoms with Gasteiger partial charge < -0.3 is 16.4 Å². The second kappa shape index (κ2) is 7.53. The van der Waals surface area contributed by atoms with Crippen LogP contribution in [-0.4, -0.2) is 9.97 Å². The Hall–Kier alpha value is -3.29. The number of benzene rings is 2. The van der Waals surface area contributed by atoms with Crippen molar-refractivity contribution in [3.8, 4) is 0 Å². The minimum absolute atomic E-state index is 0.105. The summed E-state index contributed by atoms with van der Waals surface area (Å²) < 4.78 is 39.5. The summed E-state index contributed by atoms with van der Waals surface area (Å²) >= 11 is 0. The Kier molecular flexibility index (Phi) is 5.16. The molecule has 0 saturated heterocycles. The third-order valence-corrected chi connectivity index (χ3v) is 3.95. The molecule has 3 aromatic rings. The first-order valence-corrected chi connectivity index (χ1v) is 8.18. The zero-order chi connectivity index (χ0) is 19.4. The molecule has 1 aromatic heterocycles. The van der Waals surface area contributed by atoms with Gasteiger partial charge in [0.2, 0.25) is 0 Å². The third kappa shape index (κ3) is 4.46. The van der Waals surface area contributed by atoms with Crippen molar-refractivity contribution in [1.82, 2.24) is 9.97 Å². The maximum absolute atomic E-state index is 13.2. The van der Waals surface area contributed by atoms with Crippen molar-refractivity contribution in [1.29, 1.82) is 0 Å². The molecule has 0 unspecified atom stereocenters. The number of rotatable bonds is 5. The first kappa shape index (κ1) is 18.5. The molecule has 0 saturated carbocycles. The molecular formula is C19H18F3N5. The van der Waals surface area contributed by atoms with E-state index in [2.05, 4.69) is 20.6 Å². The van der Waals surface area contributed by atoms with Crippen molar-refractivity contribution >= 4 is 23.0 Å². The monoisotopic (exact) mass is 373 g/mol. The van der Waals surface area contributed by atoms with Crippen molar-refractivity contribution in [3.05, 3.63) is 71.5 Å². The summed E-state index contributed by atoms with van der Waals surface area (Å²) in [6, 6.07) is 13.1. The predicted octanol–water partition coefficient (Wildman–Crippen LogP) is 4.74. The number of nitrogens with two attached hydrogens (primary N) is 1. The van der Waals surface area contributed by atoms with E-state index in [0.29, 0.717) is 12.4 Å². The molecule has 2 aromatic carbocycles. The first-order valence-electron chi connectivity index (χ1n) is 8.18. The summed E-state index contributed by atoms with van der Waals surface area (Å²) in [5.74, 6) is 0.450. The fourth-order valence-corrected chi connectivity index (χ4v) is 2.49. The van der Waals surface area contributed by atoms with Crippen LogP contribution >= 0.6 is 0 Å². The van der Waals surface area contributed by atoms with Gasteiger partial charge in [0.25, 0.3) is 0 Å². The molecule has 0 aliphatic rings. The van der Waals surface area contributed by atoms with Gasteiger partial charge in [-0.05, 0) is 24.6 Å². The lowest BCUT2D eigenvalue weighted by Gasteiger charge is -2.16. The number of para-hydroxylation sites is 1. The van der Waals surface area contributed by atoms with E-state index >= 15 is 0 Å². The molecule has 0 radical (unpaired) electrons. The SMILES string of the molecule is Cc1ccc(CNc2ncnc(Nc3ccccc3C(F)(F)F)c2N)cc1. The standard InChI is InChI=1S/C19H18F3N5/c1-12-6-8-13(9-7-12)10-24-17-16(23)18(26-11-25-17)27-15-5-3-2-4-14(15)19(20,21)22/h2-9,11H,10,23H2,1H3,(H2,24,25,26,27). The molecule has 0 fully saturated rings.